The topological polar surface area (TPSA) is 53.4 Å². The summed E-state index contributed by atoms with van der Waals surface area (Å²) in [5.74, 6) is -0.736. The second-order valence-corrected chi connectivity index (χ2v) is 6.61. The number of aryl methyl sites for hydroxylation is 2. The second kappa shape index (κ2) is 7.14. The Labute approximate surface area is 143 Å². The molecule has 2 aromatic rings. The normalized spacial score (nSPS) is 19.8. The summed E-state index contributed by atoms with van der Waals surface area (Å²) in [6.45, 7) is 4.82. The van der Waals surface area contributed by atoms with Gasteiger partial charge in [0.2, 0.25) is 0 Å². The van der Waals surface area contributed by atoms with Crippen molar-refractivity contribution in [3.8, 4) is 0 Å². The molecule has 1 aromatic carbocycles. The Balaban J connectivity index is 2.09. The van der Waals surface area contributed by atoms with E-state index in [0.29, 0.717) is 6.42 Å². The molecule has 1 aliphatic rings. The zero-order chi connectivity index (χ0) is 17.1. The number of hydrogen-bond donors (Lipinski definition) is 1. The Kier molecular flexibility index (Phi) is 4.95. The molecule has 4 nitrogen and oxygen atoms in total. The molecule has 1 aromatic heterocycles. The van der Waals surface area contributed by atoms with E-state index in [4.69, 9.17) is 4.98 Å². The van der Waals surface area contributed by atoms with Crippen LogP contribution in [0.25, 0.3) is 0 Å². The van der Waals surface area contributed by atoms with E-state index < -0.39 is 12.0 Å². The zero-order valence-corrected chi connectivity index (χ0v) is 14.3. The van der Waals surface area contributed by atoms with Crippen molar-refractivity contribution in [2.24, 2.45) is 0 Å². The first-order valence-corrected chi connectivity index (χ1v) is 8.55. The van der Waals surface area contributed by atoms with Gasteiger partial charge in [-0.25, -0.2) is 0 Å². The molecule has 0 radical (unpaired) electrons. The molecule has 2 unspecified atom stereocenters. The van der Waals surface area contributed by atoms with Crippen molar-refractivity contribution < 1.29 is 9.90 Å². The van der Waals surface area contributed by atoms with Gasteiger partial charge in [-0.05, 0) is 50.9 Å². The molecule has 2 atom stereocenters. The van der Waals surface area contributed by atoms with Crippen LogP contribution in [0.3, 0.4) is 0 Å². The molecular formula is C20H24N2O2. The molecule has 0 saturated carbocycles. The summed E-state index contributed by atoms with van der Waals surface area (Å²) in [5, 5.41) is 9.70. The smallest absolute Gasteiger partial charge is 0.320 e. The van der Waals surface area contributed by atoms with Crippen LogP contribution >= 0.6 is 0 Å². The van der Waals surface area contributed by atoms with Crippen molar-refractivity contribution in [2.45, 2.75) is 45.2 Å². The molecule has 0 aliphatic carbocycles. The van der Waals surface area contributed by atoms with Gasteiger partial charge in [-0.1, -0.05) is 42.3 Å². The average Bonchev–Trinajstić information content (AvgIpc) is 2.56. The Bertz CT molecular complexity index is 684. The molecule has 0 spiro atoms. The molecule has 1 N–H and O–H groups in total. The summed E-state index contributed by atoms with van der Waals surface area (Å²) in [6, 6.07) is 13.7. The molecule has 2 heterocycles. The van der Waals surface area contributed by atoms with Crippen LogP contribution in [0.15, 0.2) is 42.5 Å². The Hall–Kier alpha value is -2.20. The van der Waals surface area contributed by atoms with E-state index in [0.717, 1.165) is 36.3 Å². The minimum atomic E-state index is -0.736. The number of pyridine rings is 1. The van der Waals surface area contributed by atoms with E-state index in [-0.39, 0.29) is 6.04 Å². The molecule has 0 amide bonds. The fourth-order valence-corrected chi connectivity index (χ4v) is 3.62. The summed E-state index contributed by atoms with van der Waals surface area (Å²) in [5.41, 5.74) is 4.16. The van der Waals surface area contributed by atoms with Crippen LogP contribution < -0.4 is 0 Å². The monoisotopic (exact) mass is 324 g/mol. The molecule has 1 saturated heterocycles. The van der Waals surface area contributed by atoms with Crippen LogP contribution in [0.1, 0.15) is 47.8 Å². The molecule has 24 heavy (non-hydrogen) atoms. The maximum Gasteiger partial charge on any atom is 0.320 e. The number of carbonyl (C=O) groups is 1. The van der Waals surface area contributed by atoms with Crippen LogP contribution in [-0.2, 0) is 4.79 Å². The Morgan fingerprint density at radius 3 is 2.71 bits per heavy atom. The third kappa shape index (κ3) is 3.49. The number of likely N-dealkylation sites (tertiary alicyclic amines) is 1. The van der Waals surface area contributed by atoms with Crippen LogP contribution in [0.4, 0.5) is 0 Å². The number of hydrogen-bond acceptors (Lipinski definition) is 3. The minimum absolute atomic E-state index is 0.119. The van der Waals surface area contributed by atoms with Gasteiger partial charge in [-0.2, -0.15) is 0 Å². The molecular weight excluding hydrogens is 300 g/mol. The molecule has 4 heteroatoms. The predicted octanol–water partition coefficient (Wildman–Crippen LogP) is 3.73. The van der Waals surface area contributed by atoms with Gasteiger partial charge in [-0.15, -0.1) is 0 Å². The van der Waals surface area contributed by atoms with Crippen molar-refractivity contribution >= 4 is 5.97 Å². The zero-order valence-electron chi connectivity index (χ0n) is 14.3. The quantitative estimate of drug-likeness (QED) is 0.931. The van der Waals surface area contributed by atoms with Crippen molar-refractivity contribution in [1.29, 1.82) is 0 Å². The number of nitrogens with zero attached hydrogens (tertiary/aromatic N) is 2. The molecule has 3 rings (SSSR count). The van der Waals surface area contributed by atoms with Crippen molar-refractivity contribution in [3.63, 3.8) is 0 Å². The fraction of sp³-hybridized carbons (Fsp3) is 0.400. The van der Waals surface area contributed by atoms with Crippen LogP contribution in [0, 0.1) is 13.8 Å². The largest absolute Gasteiger partial charge is 0.480 e. The van der Waals surface area contributed by atoms with E-state index in [1.165, 1.54) is 5.56 Å². The van der Waals surface area contributed by atoms with Crippen LogP contribution in [0.2, 0.25) is 0 Å². The van der Waals surface area contributed by atoms with E-state index >= 15 is 0 Å². The Morgan fingerprint density at radius 2 is 2.00 bits per heavy atom. The molecule has 1 fully saturated rings. The standard InChI is InChI=1S/C20H24N2O2/c1-14-7-5-9-16(13-14)19(17-10-6-8-15(2)21-17)22-12-4-3-11-18(22)20(23)24/h5-10,13,18-19H,3-4,11-12H2,1-2H3,(H,23,24). The fourth-order valence-electron chi connectivity index (χ4n) is 3.62. The summed E-state index contributed by atoms with van der Waals surface area (Å²) in [6.07, 6.45) is 2.69. The first-order chi connectivity index (χ1) is 11.6. The third-order valence-electron chi connectivity index (χ3n) is 4.71. The number of benzene rings is 1. The lowest BCUT2D eigenvalue weighted by atomic mass is 9.93. The highest BCUT2D eigenvalue weighted by Gasteiger charge is 2.35. The number of carboxylic acids is 1. The first-order valence-electron chi connectivity index (χ1n) is 8.55. The van der Waals surface area contributed by atoms with Gasteiger partial charge in [-0.3, -0.25) is 14.7 Å². The molecule has 1 aliphatic heterocycles. The van der Waals surface area contributed by atoms with E-state index in [1.807, 2.05) is 31.2 Å². The number of rotatable bonds is 4. The highest BCUT2D eigenvalue weighted by molar-refractivity contribution is 5.73. The van der Waals surface area contributed by atoms with E-state index in [9.17, 15) is 9.90 Å². The van der Waals surface area contributed by atoms with Gasteiger partial charge >= 0.3 is 5.97 Å². The summed E-state index contributed by atoms with van der Waals surface area (Å²) in [7, 11) is 0. The second-order valence-electron chi connectivity index (χ2n) is 6.61. The molecule has 0 bridgehead atoms. The van der Waals surface area contributed by atoms with Gasteiger partial charge in [0.15, 0.2) is 0 Å². The molecule has 126 valence electrons. The summed E-state index contributed by atoms with van der Waals surface area (Å²) < 4.78 is 0. The number of aliphatic carboxylic acids is 1. The van der Waals surface area contributed by atoms with E-state index in [1.54, 1.807) is 0 Å². The predicted molar refractivity (Wildman–Crippen MR) is 94.0 cm³/mol. The maximum atomic E-state index is 11.8. The van der Waals surface area contributed by atoms with Gasteiger partial charge in [0.1, 0.15) is 6.04 Å². The van der Waals surface area contributed by atoms with Gasteiger partial charge < -0.3 is 5.11 Å². The van der Waals surface area contributed by atoms with Crippen molar-refractivity contribution in [1.82, 2.24) is 9.88 Å². The number of piperidine rings is 1. The Morgan fingerprint density at radius 1 is 1.21 bits per heavy atom. The highest BCUT2D eigenvalue weighted by atomic mass is 16.4. The first kappa shape index (κ1) is 16.7. The maximum absolute atomic E-state index is 11.8. The number of carboxylic acid groups (broad SMARTS) is 1. The van der Waals surface area contributed by atoms with Gasteiger partial charge in [0, 0.05) is 5.69 Å². The third-order valence-corrected chi connectivity index (χ3v) is 4.71. The summed E-state index contributed by atoms with van der Waals surface area (Å²) in [4.78, 5) is 18.6. The highest BCUT2D eigenvalue weighted by Crippen LogP contribution is 2.33. The lowest BCUT2D eigenvalue weighted by Gasteiger charge is -2.39. The van der Waals surface area contributed by atoms with Gasteiger partial charge in [0.25, 0.3) is 0 Å². The van der Waals surface area contributed by atoms with Crippen LogP contribution in [-0.4, -0.2) is 33.5 Å². The summed E-state index contributed by atoms with van der Waals surface area (Å²) >= 11 is 0. The van der Waals surface area contributed by atoms with E-state index in [2.05, 4.69) is 30.0 Å². The SMILES string of the molecule is Cc1cccc(C(c2cccc(C)n2)N2CCCCC2C(=O)O)c1. The van der Waals surface area contributed by atoms with Crippen LogP contribution in [0.5, 0.6) is 0 Å². The lowest BCUT2D eigenvalue weighted by molar-refractivity contribution is -0.145. The lowest BCUT2D eigenvalue weighted by Crippen LogP contribution is -2.47. The van der Waals surface area contributed by atoms with Gasteiger partial charge in [0.05, 0.1) is 11.7 Å². The van der Waals surface area contributed by atoms with Crippen molar-refractivity contribution in [2.75, 3.05) is 6.54 Å². The van der Waals surface area contributed by atoms with Crippen molar-refractivity contribution in [3.05, 3.63) is 65.0 Å². The number of aromatic nitrogens is 1. The average molecular weight is 324 g/mol. The minimum Gasteiger partial charge on any atom is -0.480 e.